The molecule has 1 unspecified atom stereocenters. The molecule has 0 aromatic carbocycles. The molecule has 2 heterocycles. The number of carbonyl (C=O) groups is 1. The smallest absolute Gasteiger partial charge is 0.221 e. The number of aryl methyl sites for hydroxylation is 1. The van der Waals surface area contributed by atoms with Crippen LogP contribution in [0.1, 0.15) is 69.2 Å². The van der Waals surface area contributed by atoms with Crippen molar-refractivity contribution in [1.29, 1.82) is 0 Å². The molecular weight excluding hydrogens is 286 g/mol. The number of hydrogen-bond acceptors (Lipinski definition) is 3. The Labute approximate surface area is 140 Å². The summed E-state index contributed by atoms with van der Waals surface area (Å²) in [6.45, 7) is 7.31. The Bertz CT molecular complexity index is 481. The summed E-state index contributed by atoms with van der Waals surface area (Å²) in [4.78, 5) is 19.2. The van der Waals surface area contributed by atoms with Crippen molar-refractivity contribution in [2.45, 2.75) is 64.8 Å². The first kappa shape index (κ1) is 17.9. The molecule has 1 aromatic rings. The van der Waals surface area contributed by atoms with Crippen LogP contribution in [-0.2, 0) is 4.79 Å². The molecule has 0 saturated carbocycles. The van der Waals surface area contributed by atoms with E-state index in [1.54, 1.807) is 0 Å². The molecule has 0 aliphatic carbocycles. The maximum absolute atomic E-state index is 12.3. The predicted octanol–water partition coefficient (Wildman–Crippen LogP) is 3.61. The zero-order valence-corrected chi connectivity index (χ0v) is 14.7. The fourth-order valence-corrected chi connectivity index (χ4v) is 3.20. The maximum atomic E-state index is 12.3. The summed E-state index contributed by atoms with van der Waals surface area (Å²) in [7, 11) is 0. The lowest BCUT2D eigenvalue weighted by molar-refractivity contribution is -0.122. The highest BCUT2D eigenvalue weighted by Gasteiger charge is 2.15. The van der Waals surface area contributed by atoms with Gasteiger partial charge in [0.15, 0.2) is 0 Å². The van der Waals surface area contributed by atoms with Gasteiger partial charge in [-0.2, -0.15) is 0 Å². The molecule has 1 amide bonds. The van der Waals surface area contributed by atoms with Crippen molar-refractivity contribution in [2.75, 3.05) is 19.6 Å². The van der Waals surface area contributed by atoms with E-state index in [0.29, 0.717) is 6.42 Å². The molecule has 1 aromatic heterocycles. The van der Waals surface area contributed by atoms with Crippen LogP contribution < -0.4 is 5.32 Å². The van der Waals surface area contributed by atoms with Gasteiger partial charge in [0.1, 0.15) is 0 Å². The lowest BCUT2D eigenvalue weighted by Crippen LogP contribution is -2.34. The van der Waals surface area contributed by atoms with Gasteiger partial charge in [-0.05, 0) is 57.0 Å². The van der Waals surface area contributed by atoms with Gasteiger partial charge in [-0.3, -0.25) is 9.78 Å². The Kier molecular flexibility index (Phi) is 7.53. The highest BCUT2D eigenvalue weighted by atomic mass is 16.1. The standard InChI is InChI=1S/C19H31N3O/c1-3-17(18-15-16(2)9-11-20-18)21-19(23)10-14-22-12-7-5-4-6-8-13-22/h9,11,15,17H,3-8,10,12-14H2,1-2H3,(H,21,23). The average Bonchev–Trinajstić information content (AvgIpc) is 2.51. The number of likely N-dealkylation sites (tertiary alicyclic amines) is 1. The third-order valence-electron chi connectivity index (χ3n) is 4.64. The van der Waals surface area contributed by atoms with Crippen LogP contribution in [0, 0.1) is 6.92 Å². The number of carbonyl (C=O) groups excluding carboxylic acids is 1. The molecule has 1 fully saturated rings. The molecule has 4 heteroatoms. The van der Waals surface area contributed by atoms with Crippen molar-refractivity contribution >= 4 is 5.91 Å². The molecule has 1 aliphatic rings. The van der Waals surface area contributed by atoms with Gasteiger partial charge in [-0.15, -0.1) is 0 Å². The molecule has 128 valence electrons. The molecule has 0 spiro atoms. The number of amides is 1. The first-order valence-electron chi connectivity index (χ1n) is 9.13. The topological polar surface area (TPSA) is 45.2 Å². The van der Waals surface area contributed by atoms with Crippen LogP contribution in [0.5, 0.6) is 0 Å². The zero-order chi connectivity index (χ0) is 16.5. The van der Waals surface area contributed by atoms with Gasteiger partial charge in [0, 0.05) is 19.2 Å². The molecular formula is C19H31N3O. The van der Waals surface area contributed by atoms with Gasteiger partial charge in [0.05, 0.1) is 11.7 Å². The second kappa shape index (κ2) is 9.66. The Balaban J connectivity index is 1.80. The fourth-order valence-electron chi connectivity index (χ4n) is 3.20. The third kappa shape index (κ3) is 6.30. The minimum Gasteiger partial charge on any atom is -0.348 e. The molecule has 1 N–H and O–H groups in total. The van der Waals surface area contributed by atoms with E-state index >= 15 is 0 Å². The molecule has 1 aliphatic heterocycles. The molecule has 4 nitrogen and oxygen atoms in total. The molecule has 2 rings (SSSR count). The van der Waals surface area contributed by atoms with E-state index in [0.717, 1.165) is 31.7 Å². The van der Waals surface area contributed by atoms with E-state index in [1.165, 1.54) is 37.7 Å². The molecule has 1 atom stereocenters. The number of nitrogens with zero attached hydrogens (tertiary/aromatic N) is 2. The molecule has 1 saturated heterocycles. The van der Waals surface area contributed by atoms with Crippen molar-refractivity contribution in [3.63, 3.8) is 0 Å². The van der Waals surface area contributed by atoms with Crippen LogP contribution >= 0.6 is 0 Å². The van der Waals surface area contributed by atoms with Gasteiger partial charge in [0.2, 0.25) is 5.91 Å². The van der Waals surface area contributed by atoms with Crippen molar-refractivity contribution in [3.8, 4) is 0 Å². The summed E-state index contributed by atoms with van der Waals surface area (Å²) < 4.78 is 0. The quantitative estimate of drug-likeness (QED) is 0.871. The Morgan fingerprint density at radius 3 is 2.61 bits per heavy atom. The van der Waals surface area contributed by atoms with Gasteiger partial charge in [-0.1, -0.05) is 26.2 Å². The fraction of sp³-hybridized carbons (Fsp3) is 0.684. The SMILES string of the molecule is CCC(NC(=O)CCN1CCCCCCC1)c1cc(C)ccn1. The van der Waals surface area contributed by atoms with E-state index < -0.39 is 0 Å². The average molecular weight is 317 g/mol. The molecule has 0 bridgehead atoms. The zero-order valence-electron chi connectivity index (χ0n) is 14.7. The number of nitrogens with one attached hydrogen (secondary N) is 1. The number of rotatable bonds is 6. The van der Waals surface area contributed by atoms with E-state index in [2.05, 4.69) is 35.1 Å². The van der Waals surface area contributed by atoms with Gasteiger partial charge < -0.3 is 10.2 Å². The van der Waals surface area contributed by atoms with Crippen LogP contribution in [-0.4, -0.2) is 35.4 Å². The van der Waals surface area contributed by atoms with Gasteiger partial charge in [0.25, 0.3) is 0 Å². The number of pyridine rings is 1. The Morgan fingerprint density at radius 1 is 1.26 bits per heavy atom. The largest absolute Gasteiger partial charge is 0.348 e. The van der Waals surface area contributed by atoms with Crippen molar-refractivity contribution in [1.82, 2.24) is 15.2 Å². The monoisotopic (exact) mass is 317 g/mol. The van der Waals surface area contributed by atoms with E-state index in [4.69, 9.17) is 0 Å². The van der Waals surface area contributed by atoms with Crippen LogP contribution in [0.2, 0.25) is 0 Å². The van der Waals surface area contributed by atoms with Crippen LogP contribution in [0.3, 0.4) is 0 Å². The van der Waals surface area contributed by atoms with Crippen LogP contribution in [0.15, 0.2) is 18.3 Å². The van der Waals surface area contributed by atoms with Crippen LogP contribution in [0.25, 0.3) is 0 Å². The van der Waals surface area contributed by atoms with Crippen LogP contribution in [0.4, 0.5) is 0 Å². The summed E-state index contributed by atoms with van der Waals surface area (Å²) in [6, 6.07) is 4.07. The van der Waals surface area contributed by atoms with E-state index in [9.17, 15) is 4.79 Å². The second-order valence-corrected chi connectivity index (χ2v) is 6.65. The summed E-state index contributed by atoms with van der Waals surface area (Å²) in [5.41, 5.74) is 2.15. The van der Waals surface area contributed by atoms with Gasteiger partial charge >= 0.3 is 0 Å². The van der Waals surface area contributed by atoms with Gasteiger partial charge in [-0.25, -0.2) is 0 Å². The number of hydrogen-bond donors (Lipinski definition) is 1. The predicted molar refractivity (Wildman–Crippen MR) is 94.3 cm³/mol. The number of aromatic nitrogens is 1. The van der Waals surface area contributed by atoms with E-state index in [1.807, 2.05) is 12.3 Å². The molecule has 23 heavy (non-hydrogen) atoms. The molecule has 0 radical (unpaired) electrons. The van der Waals surface area contributed by atoms with Crippen molar-refractivity contribution < 1.29 is 4.79 Å². The second-order valence-electron chi connectivity index (χ2n) is 6.65. The summed E-state index contributed by atoms with van der Waals surface area (Å²) in [5, 5.41) is 3.15. The highest BCUT2D eigenvalue weighted by molar-refractivity contribution is 5.76. The minimum atomic E-state index is 0.0229. The first-order chi connectivity index (χ1) is 11.2. The Hall–Kier alpha value is -1.42. The summed E-state index contributed by atoms with van der Waals surface area (Å²) in [5.74, 6) is 0.141. The lowest BCUT2D eigenvalue weighted by atomic mass is 10.1. The first-order valence-corrected chi connectivity index (χ1v) is 9.13. The Morgan fingerprint density at radius 2 is 1.96 bits per heavy atom. The highest BCUT2D eigenvalue weighted by Crippen LogP contribution is 2.15. The summed E-state index contributed by atoms with van der Waals surface area (Å²) in [6.07, 6.45) is 9.85. The van der Waals surface area contributed by atoms with E-state index in [-0.39, 0.29) is 11.9 Å². The minimum absolute atomic E-state index is 0.0229. The van der Waals surface area contributed by atoms with Crippen molar-refractivity contribution in [2.24, 2.45) is 0 Å². The summed E-state index contributed by atoms with van der Waals surface area (Å²) >= 11 is 0. The normalized spacial score (nSPS) is 18.0. The maximum Gasteiger partial charge on any atom is 0.221 e. The third-order valence-corrected chi connectivity index (χ3v) is 4.64. The lowest BCUT2D eigenvalue weighted by Gasteiger charge is -2.24. The van der Waals surface area contributed by atoms with Crippen molar-refractivity contribution in [3.05, 3.63) is 29.6 Å².